The molecule has 7 rings (SSSR count). The molecule has 0 atom stereocenters. The highest BCUT2D eigenvalue weighted by atomic mass is 16.5. The first kappa shape index (κ1) is 29.3. The van der Waals surface area contributed by atoms with Crippen LogP contribution < -0.4 is 14.2 Å². The summed E-state index contributed by atoms with van der Waals surface area (Å²) in [5.74, 6) is 3.41. The number of hydrogen-bond donors (Lipinski definition) is 0. The third-order valence-electron chi connectivity index (χ3n) is 6.85. The van der Waals surface area contributed by atoms with E-state index in [0.29, 0.717) is 88.1 Å². The van der Waals surface area contributed by atoms with Crippen LogP contribution in [0.5, 0.6) is 17.2 Å². The minimum Gasteiger partial charge on any atom is -0.493 e. The molecule has 15 heteroatoms. The van der Waals surface area contributed by atoms with Gasteiger partial charge in [0.15, 0.2) is 0 Å². The Balaban J connectivity index is 1.17. The molecule has 0 unspecified atom stereocenters. The molecule has 0 N–H and O–H groups in total. The Morgan fingerprint density at radius 1 is 0.447 bits per heavy atom. The van der Waals surface area contributed by atoms with E-state index < -0.39 is 0 Å². The van der Waals surface area contributed by atoms with Crippen LogP contribution in [0.4, 0.5) is 0 Å². The molecule has 47 heavy (non-hydrogen) atoms. The SMILES string of the molecule is CCOc1cc(-c2nnc(-c3ccc(-c4nnc(-c5ccc(-c6nnco6)cc5OCC)o4)cc3OCC)o2)ccc1-c1nnco1. The molecule has 0 amide bonds. The maximum Gasteiger partial charge on any atom is 0.251 e. The Hall–Kier alpha value is -6.38. The molecule has 0 aliphatic heterocycles. The molecule has 4 aromatic heterocycles. The molecule has 3 aromatic carbocycles. The van der Waals surface area contributed by atoms with Gasteiger partial charge in [-0.05, 0) is 75.4 Å². The quantitative estimate of drug-likeness (QED) is 0.143. The van der Waals surface area contributed by atoms with E-state index in [0.717, 1.165) is 0 Å². The second-order valence-electron chi connectivity index (χ2n) is 9.74. The third-order valence-corrected chi connectivity index (χ3v) is 6.85. The zero-order valence-corrected chi connectivity index (χ0v) is 25.4. The van der Waals surface area contributed by atoms with Crippen molar-refractivity contribution in [2.45, 2.75) is 20.8 Å². The van der Waals surface area contributed by atoms with Crippen LogP contribution in [-0.2, 0) is 0 Å². The van der Waals surface area contributed by atoms with E-state index in [-0.39, 0.29) is 17.7 Å². The predicted molar refractivity (Wildman–Crippen MR) is 164 cm³/mol. The van der Waals surface area contributed by atoms with Crippen LogP contribution >= 0.6 is 0 Å². The van der Waals surface area contributed by atoms with Gasteiger partial charge in [0.2, 0.25) is 30.5 Å². The number of benzene rings is 3. The van der Waals surface area contributed by atoms with Crippen molar-refractivity contribution in [2.75, 3.05) is 19.8 Å². The molecule has 0 spiro atoms. The van der Waals surface area contributed by atoms with Gasteiger partial charge in [-0.15, -0.1) is 40.8 Å². The Kier molecular flexibility index (Phi) is 8.07. The zero-order chi connectivity index (χ0) is 32.2. The summed E-state index contributed by atoms with van der Waals surface area (Å²) < 4.78 is 40.5. The van der Waals surface area contributed by atoms with Crippen molar-refractivity contribution >= 4 is 0 Å². The lowest BCUT2D eigenvalue weighted by Crippen LogP contribution is -1.95. The van der Waals surface area contributed by atoms with E-state index in [9.17, 15) is 0 Å². The van der Waals surface area contributed by atoms with Gasteiger partial charge < -0.3 is 31.9 Å². The summed E-state index contributed by atoms with van der Waals surface area (Å²) in [7, 11) is 0. The van der Waals surface area contributed by atoms with Gasteiger partial charge in [-0.25, -0.2) is 0 Å². The van der Waals surface area contributed by atoms with Gasteiger partial charge in [0.05, 0.1) is 36.5 Å². The fraction of sp³-hybridized carbons (Fsp3) is 0.188. The average molecular weight is 635 g/mol. The number of aromatic nitrogens is 8. The molecule has 0 aliphatic carbocycles. The van der Waals surface area contributed by atoms with E-state index in [4.69, 9.17) is 31.9 Å². The van der Waals surface area contributed by atoms with E-state index >= 15 is 0 Å². The monoisotopic (exact) mass is 634 g/mol. The number of nitrogens with zero attached hydrogens (tertiary/aromatic N) is 8. The molecule has 236 valence electrons. The van der Waals surface area contributed by atoms with Crippen LogP contribution in [0.15, 0.2) is 85.1 Å². The smallest absolute Gasteiger partial charge is 0.251 e. The highest BCUT2D eigenvalue weighted by Gasteiger charge is 2.21. The average Bonchev–Trinajstić information content (AvgIpc) is 3.93. The summed E-state index contributed by atoms with van der Waals surface area (Å²) in [5.41, 5.74) is 3.85. The minimum atomic E-state index is 0.267. The van der Waals surface area contributed by atoms with Gasteiger partial charge in [0, 0.05) is 16.7 Å². The lowest BCUT2D eigenvalue weighted by molar-refractivity contribution is 0.340. The molecule has 7 aromatic rings. The molecule has 4 heterocycles. The molecule has 0 bridgehead atoms. The van der Waals surface area contributed by atoms with Crippen molar-refractivity contribution in [3.05, 3.63) is 67.4 Å². The van der Waals surface area contributed by atoms with Gasteiger partial charge in [-0.2, -0.15) is 0 Å². The zero-order valence-electron chi connectivity index (χ0n) is 25.4. The van der Waals surface area contributed by atoms with Crippen LogP contribution in [0, 0.1) is 0 Å². The second kappa shape index (κ2) is 12.9. The first-order valence-electron chi connectivity index (χ1n) is 14.7. The minimum absolute atomic E-state index is 0.267. The van der Waals surface area contributed by atoms with E-state index in [2.05, 4.69) is 40.8 Å². The second-order valence-corrected chi connectivity index (χ2v) is 9.74. The summed E-state index contributed by atoms with van der Waals surface area (Å²) in [6.07, 6.45) is 2.53. The van der Waals surface area contributed by atoms with Crippen molar-refractivity contribution < 1.29 is 31.9 Å². The number of ether oxygens (including phenoxy) is 3. The molecule has 0 radical (unpaired) electrons. The van der Waals surface area contributed by atoms with E-state index in [1.165, 1.54) is 12.8 Å². The van der Waals surface area contributed by atoms with Gasteiger partial charge >= 0.3 is 0 Å². The standard InChI is InChI=1S/C32H26N8O7/c1-4-41-24-14-19(8-10-21(24)30-36-34-17-45-30)28-37-40-32(46-28)23-12-9-20(15-26(23)43-6-3)29-38-39-31(47-29)22-11-7-18(13-25(22)42-5-2)27-35-33-16-44-27/h7-17H,4-6H2,1-3H3. The van der Waals surface area contributed by atoms with Gasteiger partial charge in [-0.1, -0.05) is 0 Å². The maximum atomic E-state index is 6.10. The Morgan fingerprint density at radius 2 is 0.830 bits per heavy atom. The fourth-order valence-electron chi connectivity index (χ4n) is 4.81. The van der Waals surface area contributed by atoms with Crippen LogP contribution in [0.3, 0.4) is 0 Å². The van der Waals surface area contributed by atoms with Crippen molar-refractivity contribution in [1.82, 2.24) is 40.8 Å². The Morgan fingerprint density at radius 3 is 1.23 bits per heavy atom. The fourth-order valence-corrected chi connectivity index (χ4v) is 4.81. The van der Waals surface area contributed by atoms with Crippen LogP contribution in [0.1, 0.15) is 20.8 Å². The summed E-state index contributed by atoms with van der Waals surface area (Å²) in [6.45, 7) is 6.91. The third kappa shape index (κ3) is 5.88. The summed E-state index contributed by atoms with van der Waals surface area (Å²) in [6, 6.07) is 16.2. The topological polar surface area (TPSA) is 183 Å². The molecule has 15 nitrogen and oxygen atoms in total. The van der Waals surface area contributed by atoms with Crippen LogP contribution in [0.25, 0.3) is 68.7 Å². The molecule has 0 aliphatic rings. The lowest BCUT2D eigenvalue weighted by Gasteiger charge is -2.09. The Bertz CT molecular complexity index is 2110. The maximum absolute atomic E-state index is 6.10. The lowest BCUT2D eigenvalue weighted by atomic mass is 10.1. The molecular weight excluding hydrogens is 608 g/mol. The van der Waals surface area contributed by atoms with Gasteiger partial charge in [0.1, 0.15) is 17.2 Å². The molecule has 0 saturated heterocycles. The molecule has 0 saturated carbocycles. The highest BCUT2D eigenvalue weighted by molar-refractivity contribution is 5.73. The number of rotatable bonds is 12. The van der Waals surface area contributed by atoms with Crippen molar-refractivity contribution in [2.24, 2.45) is 0 Å². The van der Waals surface area contributed by atoms with E-state index in [1.807, 2.05) is 39.0 Å². The summed E-state index contributed by atoms with van der Waals surface area (Å²) in [5, 5.41) is 32.6. The number of hydrogen-bond acceptors (Lipinski definition) is 15. The first-order valence-corrected chi connectivity index (χ1v) is 14.7. The molecule has 0 fully saturated rings. The summed E-state index contributed by atoms with van der Waals surface area (Å²) in [4.78, 5) is 0. The summed E-state index contributed by atoms with van der Waals surface area (Å²) >= 11 is 0. The van der Waals surface area contributed by atoms with E-state index in [1.54, 1.807) is 36.4 Å². The van der Waals surface area contributed by atoms with Crippen molar-refractivity contribution in [3.63, 3.8) is 0 Å². The largest absolute Gasteiger partial charge is 0.493 e. The first-order chi connectivity index (χ1) is 23.1. The van der Waals surface area contributed by atoms with Crippen molar-refractivity contribution in [3.8, 4) is 86.0 Å². The van der Waals surface area contributed by atoms with Gasteiger partial charge in [0.25, 0.3) is 17.7 Å². The molecular formula is C32H26N8O7. The van der Waals surface area contributed by atoms with Crippen LogP contribution in [-0.4, -0.2) is 60.6 Å². The predicted octanol–water partition coefficient (Wildman–Crippen LogP) is 6.42. The normalized spacial score (nSPS) is 11.1. The highest BCUT2D eigenvalue weighted by Crippen LogP contribution is 2.39. The van der Waals surface area contributed by atoms with Crippen LogP contribution in [0.2, 0.25) is 0 Å². The van der Waals surface area contributed by atoms with Crippen molar-refractivity contribution in [1.29, 1.82) is 0 Å². The Labute approximate surface area is 266 Å². The van der Waals surface area contributed by atoms with Gasteiger partial charge in [-0.3, -0.25) is 0 Å².